The van der Waals surface area contributed by atoms with Crippen LogP contribution < -0.4 is 10.6 Å². The Morgan fingerprint density at radius 1 is 0.921 bits per heavy atom. The maximum absolute atomic E-state index is 13.8. The Bertz CT molecular complexity index is 1430. The number of nitrogens with one attached hydrogen (secondary N) is 2. The monoisotopic (exact) mass is 504 g/mol. The minimum atomic E-state index is -0.239. The molecule has 0 bridgehead atoms. The number of hydrogen-bond acceptors (Lipinski definition) is 4. The number of anilines is 1. The predicted molar refractivity (Wildman–Crippen MR) is 153 cm³/mol. The summed E-state index contributed by atoms with van der Waals surface area (Å²) in [5.41, 5.74) is 3.49. The molecule has 1 heterocycles. The highest BCUT2D eigenvalue weighted by molar-refractivity contribution is 5.96. The number of amides is 1. The lowest BCUT2D eigenvalue weighted by molar-refractivity contribution is 0.0938. The summed E-state index contributed by atoms with van der Waals surface area (Å²) in [7, 11) is 0. The van der Waals surface area contributed by atoms with Crippen molar-refractivity contribution in [3.63, 3.8) is 0 Å². The van der Waals surface area contributed by atoms with Gasteiger partial charge in [0.2, 0.25) is 5.95 Å². The van der Waals surface area contributed by atoms with Gasteiger partial charge in [-0.15, -0.1) is 0 Å². The third-order valence-corrected chi connectivity index (χ3v) is 8.55. The summed E-state index contributed by atoms with van der Waals surface area (Å²) in [6.07, 6.45) is 8.42. The zero-order valence-corrected chi connectivity index (χ0v) is 22.3. The normalized spacial score (nSPS) is 21.0. The Balaban J connectivity index is 1.32. The highest BCUT2D eigenvalue weighted by Crippen LogP contribution is 2.53. The van der Waals surface area contributed by atoms with Gasteiger partial charge in [0.25, 0.3) is 5.91 Å². The molecule has 4 aromatic rings. The Morgan fingerprint density at radius 3 is 2.39 bits per heavy atom. The van der Waals surface area contributed by atoms with Gasteiger partial charge in [-0.25, -0.2) is 9.97 Å². The molecule has 0 spiro atoms. The highest BCUT2D eigenvalue weighted by Gasteiger charge is 2.49. The molecule has 0 radical (unpaired) electrons. The maximum atomic E-state index is 13.8. The Hall–Kier alpha value is -3.73. The second kappa shape index (κ2) is 10.2. The fourth-order valence-corrected chi connectivity index (χ4v) is 6.09. The first-order chi connectivity index (χ1) is 18.5. The Labute approximate surface area is 225 Å². The van der Waals surface area contributed by atoms with E-state index in [-0.39, 0.29) is 17.4 Å². The summed E-state index contributed by atoms with van der Waals surface area (Å²) >= 11 is 0. The summed E-state index contributed by atoms with van der Waals surface area (Å²) < 4.78 is 0. The van der Waals surface area contributed by atoms with Crippen LogP contribution in [0.5, 0.6) is 0 Å². The van der Waals surface area contributed by atoms with Crippen LogP contribution in [-0.2, 0) is 5.41 Å². The quantitative estimate of drug-likeness (QED) is 0.279. The molecule has 38 heavy (non-hydrogen) atoms. The molecule has 194 valence electrons. The minimum Gasteiger partial charge on any atom is -0.351 e. The van der Waals surface area contributed by atoms with Gasteiger partial charge in [0.05, 0.1) is 17.3 Å². The molecule has 1 amide bonds. The second-order valence-corrected chi connectivity index (χ2v) is 11.3. The second-order valence-electron chi connectivity index (χ2n) is 11.3. The molecule has 2 aliphatic carbocycles. The summed E-state index contributed by atoms with van der Waals surface area (Å²) in [5, 5.41) is 9.18. The average molecular weight is 505 g/mol. The molecule has 5 nitrogen and oxygen atoms in total. The van der Waals surface area contributed by atoms with Gasteiger partial charge in [-0.2, -0.15) is 0 Å². The van der Waals surface area contributed by atoms with Crippen molar-refractivity contribution in [2.24, 2.45) is 5.92 Å². The number of carbonyl (C=O) groups is 1. The van der Waals surface area contributed by atoms with E-state index in [2.05, 4.69) is 77.1 Å². The standard InChI is InChI=1S/C33H36N4O/c1-22-15-17-26(18-16-22)36-32-34-21-29(30(37-32)33(19-20-33)25-11-4-3-5-12-25)31(38)35-23(2)27-14-8-10-24-9-6-7-13-28(24)27/h3-14,21-23,26H,15-20H2,1-2H3,(H,35,38)(H,34,36,37)/t22?,23-,26?/m1/s1. The molecule has 6 rings (SSSR count). The van der Waals surface area contributed by atoms with Gasteiger partial charge in [-0.3, -0.25) is 4.79 Å². The van der Waals surface area contributed by atoms with E-state index in [0.29, 0.717) is 17.6 Å². The van der Waals surface area contributed by atoms with E-state index in [1.54, 1.807) is 6.20 Å². The van der Waals surface area contributed by atoms with E-state index >= 15 is 0 Å². The number of fused-ring (bicyclic) bond motifs is 1. The SMILES string of the molecule is CC1CCC(Nc2ncc(C(=O)N[C@H](C)c3cccc4ccccc34)c(C3(c4ccccc4)CC3)n2)CC1. The molecule has 2 saturated carbocycles. The van der Waals surface area contributed by atoms with Gasteiger partial charge in [-0.05, 0) is 73.3 Å². The van der Waals surface area contributed by atoms with Crippen molar-refractivity contribution in [2.45, 2.75) is 69.9 Å². The van der Waals surface area contributed by atoms with Crippen LogP contribution in [0, 0.1) is 5.92 Å². The third-order valence-electron chi connectivity index (χ3n) is 8.55. The molecular formula is C33H36N4O. The van der Waals surface area contributed by atoms with Gasteiger partial charge in [-0.1, -0.05) is 79.7 Å². The summed E-state index contributed by atoms with van der Waals surface area (Å²) in [4.78, 5) is 23.5. The number of carbonyl (C=O) groups excluding carboxylic acids is 1. The van der Waals surface area contributed by atoms with Gasteiger partial charge in [0.1, 0.15) is 0 Å². The minimum absolute atomic E-state index is 0.124. The molecule has 3 aromatic carbocycles. The van der Waals surface area contributed by atoms with Crippen LogP contribution in [0.4, 0.5) is 5.95 Å². The topological polar surface area (TPSA) is 66.9 Å². The molecule has 0 aliphatic heterocycles. The van der Waals surface area contributed by atoms with E-state index < -0.39 is 0 Å². The first-order valence-corrected chi connectivity index (χ1v) is 14.0. The van der Waals surface area contributed by atoms with Crippen LogP contribution in [0.15, 0.2) is 79.0 Å². The van der Waals surface area contributed by atoms with Crippen molar-refractivity contribution in [1.29, 1.82) is 0 Å². The highest BCUT2D eigenvalue weighted by atomic mass is 16.1. The van der Waals surface area contributed by atoms with Crippen molar-refractivity contribution in [1.82, 2.24) is 15.3 Å². The smallest absolute Gasteiger partial charge is 0.255 e. The fourth-order valence-electron chi connectivity index (χ4n) is 6.09. The molecule has 1 atom stereocenters. The zero-order valence-electron chi connectivity index (χ0n) is 22.3. The van der Waals surface area contributed by atoms with Gasteiger partial charge in [0.15, 0.2) is 0 Å². The zero-order chi connectivity index (χ0) is 26.1. The summed E-state index contributed by atoms with van der Waals surface area (Å²) in [6, 6.07) is 25.3. The van der Waals surface area contributed by atoms with Gasteiger partial charge in [0, 0.05) is 17.7 Å². The van der Waals surface area contributed by atoms with Gasteiger partial charge < -0.3 is 10.6 Å². The van der Waals surface area contributed by atoms with E-state index in [4.69, 9.17) is 4.98 Å². The maximum Gasteiger partial charge on any atom is 0.255 e. The molecule has 2 fully saturated rings. The third kappa shape index (κ3) is 4.78. The van der Waals surface area contributed by atoms with Crippen molar-refractivity contribution >= 4 is 22.6 Å². The van der Waals surface area contributed by atoms with E-state index in [1.807, 2.05) is 25.1 Å². The molecule has 5 heteroatoms. The average Bonchev–Trinajstić information content (AvgIpc) is 3.76. The number of hydrogen-bond donors (Lipinski definition) is 2. The van der Waals surface area contributed by atoms with E-state index in [9.17, 15) is 4.79 Å². The van der Waals surface area contributed by atoms with Crippen LogP contribution >= 0.6 is 0 Å². The van der Waals surface area contributed by atoms with Crippen LogP contribution in [-0.4, -0.2) is 21.9 Å². The number of benzene rings is 3. The molecular weight excluding hydrogens is 468 g/mol. The molecule has 2 aliphatic rings. The number of aromatic nitrogens is 2. The molecule has 2 N–H and O–H groups in total. The van der Waals surface area contributed by atoms with Crippen molar-refractivity contribution in [3.05, 3.63) is 101 Å². The Kier molecular flexibility index (Phi) is 6.61. The van der Waals surface area contributed by atoms with Crippen LogP contribution in [0.2, 0.25) is 0 Å². The number of rotatable bonds is 7. The van der Waals surface area contributed by atoms with E-state index in [1.165, 1.54) is 23.8 Å². The largest absolute Gasteiger partial charge is 0.351 e. The van der Waals surface area contributed by atoms with Crippen molar-refractivity contribution in [2.75, 3.05) is 5.32 Å². The lowest BCUT2D eigenvalue weighted by Crippen LogP contribution is -2.31. The van der Waals surface area contributed by atoms with Gasteiger partial charge >= 0.3 is 0 Å². The van der Waals surface area contributed by atoms with Crippen LogP contribution in [0.3, 0.4) is 0 Å². The van der Waals surface area contributed by atoms with Crippen molar-refractivity contribution < 1.29 is 4.79 Å². The molecule has 0 unspecified atom stereocenters. The first kappa shape index (κ1) is 24.6. The predicted octanol–water partition coefficient (Wildman–Crippen LogP) is 7.19. The summed E-state index contributed by atoms with van der Waals surface area (Å²) in [6.45, 7) is 4.37. The van der Waals surface area contributed by atoms with Crippen LogP contribution in [0.25, 0.3) is 10.8 Å². The number of nitrogens with zero attached hydrogens (tertiary/aromatic N) is 2. The first-order valence-electron chi connectivity index (χ1n) is 14.0. The summed E-state index contributed by atoms with van der Waals surface area (Å²) in [5.74, 6) is 1.30. The Morgan fingerprint density at radius 2 is 1.63 bits per heavy atom. The molecule has 0 saturated heterocycles. The molecule has 1 aromatic heterocycles. The van der Waals surface area contributed by atoms with Crippen molar-refractivity contribution in [3.8, 4) is 0 Å². The van der Waals surface area contributed by atoms with Crippen LogP contribution in [0.1, 0.15) is 85.6 Å². The fraction of sp³-hybridized carbons (Fsp3) is 0.364. The lowest BCUT2D eigenvalue weighted by atomic mass is 9.87. The lowest BCUT2D eigenvalue weighted by Gasteiger charge is -2.27. The van der Waals surface area contributed by atoms with E-state index in [0.717, 1.165) is 48.2 Å².